The molecule has 3 heterocycles. The first kappa shape index (κ1) is 17.5. The largest absolute Gasteiger partial charge is 0.350 e. The quantitative estimate of drug-likeness (QED) is 0.556. The van der Waals surface area contributed by atoms with Crippen LogP contribution in [0.25, 0.3) is 11.5 Å². The molecule has 1 amide bonds. The summed E-state index contributed by atoms with van der Waals surface area (Å²) < 4.78 is 4.85. The molecule has 1 N–H and O–H groups in total. The molecule has 0 bridgehead atoms. The molecule has 0 atom stereocenters. The van der Waals surface area contributed by atoms with Crippen molar-refractivity contribution < 1.29 is 4.79 Å². The average Bonchev–Trinajstić information content (AvgIpc) is 3.44. The molecule has 0 saturated heterocycles. The summed E-state index contributed by atoms with van der Waals surface area (Å²) in [5.74, 6) is 0.340. The lowest BCUT2D eigenvalue weighted by atomic mass is 10.2. The minimum Gasteiger partial charge on any atom is -0.350 e. The molecule has 8 heteroatoms. The van der Waals surface area contributed by atoms with Crippen LogP contribution in [0.3, 0.4) is 0 Å². The van der Waals surface area contributed by atoms with Crippen molar-refractivity contribution in [2.45, 2.75) is 6.54 Å². The summed E-state index contributed by atoms with van der Waals surface area (Å²) in [6, 6.07) is 16.0. The fourth-order valence-corrected chi connectivity index (χ4v) is 2.79. The van der Waals surface area contributed by atoms with Gasteiger partial charge in [0.2, 0.25) is 0 Å². The van der Waals surface area contributed by atoms with Crippen LogP contribution in [0.5, 0.6) is 0 Å². The summed E-state index contributed by atoms with van der Waals surface area (Å²) in [5, 5.41) is 11.2. The second-order valence-electron chi connectivity index (χ2n) is 6.10. The third-order valence-corrected chi connectivity index (χ3v) is 4.23. The number of benzene rings is 1. The van der Waals surface area contributed by atoms with Gasteiger partial charge in [-0.25, -0.2) is 9.36 Å². The van der Waals surface area contributed by atoms with Crippen molar-refractivity contribution in [1.82, 2.24) is 29.4 Å². The van der Waals surface area contributed by atoms with Crippen molar-refractivity contribution in [1.29, 1.82) is 0 Å². The standard InChI is InChI=1S/C20H18N6O2/c27-19-9-8-18(25-14-3-10-22-25)23-26(19)15-11-21-20(28)16-4-6-17(7-5-16)24-12-1-2-13-24/h1-10,12-14H,11,15H2,(H,21,28). The van der Waals surface area contributed by atoms with Crippen molar-refractivity contribution in [2.24, 2.45) is 0 Å². The van der Waals surface area contributed by atoms with Gasteiger partial charge in [0.25, 0.3) is 11.5 Å². The van der Waals surface area contributed by atoms with Crippen LogP contribution in [-0.2, 0) is 6.54 Å². The number of hydrogen-bond donors (Lipinski definition) is 1. The number of nitrogens with one attached hydrogen (secondary N) is 1. The molecule has 0 aliphatic carbocycles. The molecule has 1 aromatic carbocycles. The van der Waals surface area contributed by atoms with Crippen LogP contribution in [0, 0.1) is 0 Å². The van der Waals surface area contributed by atoms with Gasteiger partial charge in [0.1, 0.15) is 0 Å². The topological polar surface area (TPSA) is 86.7 Å². The predicted molar refractivity (Wildman–Crippen MR) is 104 cm³/mol. The summed E-state index contributed by atoms with van der Waals surface area (Å²) in [7, 11) is 0. The SMILES string of the molecule is O=C(NCCn1nc(-n2cccn2)ccc1=O)c1ccc(-n2cccc2)cc1. The van der Waals surface area contributed by atoms with E-state index in [2.05, 4.69) is 15.5 Å². The maximum absolute atomic E-state index is 12.3. The first-order valence-electron chi connectivity index (χ1n) is 8.80. The Bertz CT molecular complexity index is 1110. The van der Waals surface area contributed by atoms with Crippen molar-refractivity contribution in [3.8, 4) is 11.5 Å². The van der Waals surface area contributed by atoms with E-state index in [0.717, 1.165) is 5.69 Å². The molecule has 0 unspecified atom stereocenters. The lowest BCUT2D eigenvalue weighted by Gasteiger charge is -2.09. The molecular weight excluding hydrogens is 356 g/mol. The summed E-state index contributed by atoms with van der Waals surface area (Å²) in [6.07, 6.45) is 7.27. The Balaban J connectivity index is 1.38. The molecule has 0 radical (unpaired) electrons. The number of aromatic nitrogens is 5. The molecule has 0 aliphatic heterocycles. The van der Waals surface area contributed by atoms with Gasteiger partial charge in [0.15, 0.2) is 5.82 Å². The van der Waals surface area contributed by atoms with Crippen LogP contribution in [-0.4, -0.2) is 36.6 Å². The van der Waals surface area contributed by atoms with E-state index in [1.54, 1.807) is 41.3 Å². The van der Waals surface area contributed by atoms with Gasteiger partial charge in [-0.15, -0.1) is 5.10 Å². The molecule has 28 heavy (non-hydrogen) atoms. The van der Waals surface area contributed by atoms with E-state index in [0.29, 0.717) is 11.4 Å². The monoisotopic (exact) mass is 374 g/mol. The highest BCUT2D eigenvalue weighted by Gasteiger charge is 2.07. The first-order chi connectivity index (χ1) is 13.7. The van der Waals surface area contributed by atoms with Crippen molar-refractivity contribution in [3.05, 3.63) is 95.3 Å². The summed E-state index contributed by atoms with van der Waals surface area (Å²) in [5.41, 5.74) is 1.30. The van der Waals surface area contributed by atoms with Crippen LogP contribution in [0.15, 0.2) is 84.2 Å². The molecule has 4 aromatic rings. The fraction of sp³-hybridized carbons (Fsp3) is 0.100. The van der Waals surface area contributed by atoms with E-state index in [1.807, 2.05) is 41.2 Å². The number of nitrogens with zero attached hydrogens (tertiary/aromatic N) is 5. The maximum Gasteiger partial charge on any atom is 0.266 e. The molecule has 8 nitrogen and oxygen atoms in total. The molecule has 0 spiro atoms. The van der Waals surface area contributed by atoms with Crippen LogP contribution in [0.4, 0.5) is 0 Å². The predicted octanol–water partition coefficient (Wildman–Crippen LogP) is 1.65. The van der Waals surface area contributed by atoms with Gasteiger partial charge < -0.3 is 9.88 Å². The summed E-state index contributed by atoms with van der Waals surface area (Å²) >= 11 is 0. The normalized spacial score (nSPS) is 10.7. The lowest BCUT2D eigenvalue weighted by molar-refractivity contribution is 0.0951. The smallest absolute Gasteiger partial charge is 0.266 e. The highest BCUT2D eigenvalue weighted by molar-refractivity contribution is 5.94. The Hall–Kier alpha value is -3.94. The number of carbonyl (C=O) groups is 1. The number of carbonyl (C=O) groups excluding carboxylic acids is 1. The summed E-state index contributed by atoms with van der Waals surface area (Å²) in [4.78, 5) is 24.3. The number of rotatable bonds is 6. The van der Waals surface area contributed by atoms with Gasteiger partial charge in [0, 0.05) is 48.6 Å². The average molecular weight is 374 g/mol. The van der Waals surface area contributed by atoms with Gasteiger partial charge in [-0.05, 0) is 48.5 Å². The minimum absolute atomic E-state index is 0.199. The Labute approximate surface area is 160 Å². The van der Waals surface area contributed by atoms with E-state index in [1.165, 1.54) is 10.7 Å². The Morgan fingerprint density at radius 2 is 1.75 bits per heavy atom. The maximum atomic E-state index is 12.3. The van der Waals surface area contributed by atoms with Crippen molar-refractivity contribution >= 4 is 5.91 Å². The minimum atomic E-state index is -0.235. The third-order valence-electron chi connectivity index (χ3n) is 4.23. The van der Waals surface area contributed by atoms with E-state index in [9.17, 15) is 9.59 Å². The first-order valence-corrected chi connectivity index (χ1v) is 8.80. The Morgan fingerprint density at radius 3 is 2.46 bits per heavy atom. The number of hydrogen-bond acceptors (Lipinski definition) is 4. The Morgan fingerprint density at radius 1 is 0.964 bits per heavy atom. The zero-order chi connectivity index (χ0) is 19.3. The van der Waals surface area contributed by atoms with Gasteiger partial charge in [-0.2, -0.15) is 5.10 Å². The van der Waals surface area contributed by atoms with Crippen LogP contribution >= 0.6 is 0 Å². The molecule has 3 aromatic heterocycles. The second-order valence-corrected chi connectivity index (χ2v) is 6.10. The highest BCUT2D eigenvalue weighted by atomic mass is 16.2. The van der Waals surface area contributed by atoms with Gasteiger partial charge in [-0.1, -0.05) is 0 Å². The fourth-order valence-electron chi connectivity index (χ4n) is 2.79. The molecule has 4 rings (SSSR count). The van der Waals surface area contributed by atoms with Crippen LogP contribution < -0.4 is 10.9 Å². The van der Waals surface area contributed by atoms with Gasteiger partial charge in [0.05, 0.1) is 6.54 Å². The third kappa shape index (κ3) is 3.75. The van der Waals surface area contributed by atoms with Gasteiger partial charge in [-0.3, -0.25) is 9.59 Å². The molecule has 0 fully saturated rings. The van der Waals surface area contributed by atoms with Crippen molar-refractivity contribution in [3.63, 3.8) is 0 Å². The summed E-state index contributed by atoms with van der Waals surface area (Å²) in [6.45, 7) is 0.550. The lowest BCUT2D eigenvalue weighted by Crippen LogP contribution is -2.32. The zero-order valence-electron chi connectivity index (χ0n) is 15.0. The Kier molecular flexibility index (Phi) is 4.83. The molecule has 0 saturated carbocycles. The number of amides is 1. The van der Waals surface area contributed by atoms with Crippen molar-refractivity contribution in [2.75, 3.05) is 6.54 Å². The highest BCUT2D eigenvalue weighted by Crippen LogP contribution is 2.10. The van der Waals surface area contributed by atoms with E-state index in [-0.39, 0.29) is 24.6 Å². The van der Waals surface area contributed by atoms with E-state index < -0.39 is 0 Å². The van der Waals surface area contributed by atoms with E-state index in [4.69, 9.17) is 0 Å². The molecular formula is C20H18N6O2. The molecule has 0 aliphatic rings. The van der Waals surface area contributed by atoms with E-state index >= 15 is 0 Å². The molecule has 140 valence electrons. The second kappa shape index (κ2) is 7.75. The van der Waals surface area contributed by atoms with Gasteiger partial charge >= 0.3 is 0 Å². The van der Waals surface area contributed by atoms with Crippen LogP contribution in [0.1, 0.15) is 10.4 Å². The zero-order valence-corrected chi connectivity index (χ0v) is 15.0. The van der Waals surface area contributed by atoms with Crippen LogP contribution in [0.2, 0.25) is 0 Å².